The van der Waals surface area contributed by atoms with Gasteiger partial charge in [0.15, 0.2) is 0 Å². The van der Waals surface area contributed by atoms with E-state index >= 15 is 0 Å². The zero-order valence-electron chi connectivity index (χ0n) is 16.2. The number of hydrazone groups is 1. The molecule has 0 heterocycles. The number of carbonyl (C=O) groups is 2. The number of amides is 2. The number of para-hydroxylation sites is 2. The fourth-order valence-corrected chi connectivity index (χ4v) is 2.99. The number of fused-ring (bicyclic) bond motifs is 1. The highest BCUT2D eigenvalue weighted by atomic mass is 16.5. The van der Waals surface area contributed by atoms with Crippen LogP contribution in [0, 0.1) is 0 Å². The van der Waals surface area contributed by atoms with E-state index in [0.29, 0.717) is 22.7 Å². The van der Waals surface area contributed by atoms with Gasteiger partial charge in [0.25, 0.3) is 5.91 Å². The summed E-state index contributed by atoms with van der Waals surface area (Å²) in [6.45, 7) is 0. The molecule has 2 amide bonds. The van der Waals surface area contributed by atoms with E-state index in [4.69, 9.17) is 15.2 Å². The molecule has 7 nitrogen and oxygen atoms in total. The number of hydrogen-bond acceptors (Lipinski definition) is 5. The molecule has 3 aromatic rings. The van der Waals surface area contributed by atoms with Crippen LogP contribution in [0.1, 0.15) is 12.0 Å². The Kier molecular flexibility index (Phi) is 6.09. The molecule has 0 bridgehead atoms. The summed E-state index contributed by atoms with van der Waals surface area (Å²) in [5.41, 5.74) is 6.32. The highest BCUT2D eigenvalue weighted by Gasteiger charge is 2.20. The molecule has 0 unspecified atom stereocenters. The van der Waals surface area contributed by atoms with Crippen molar-refractivity contribution in [2.24, 2.45) is 10.8 Å². The van der Waals surface area contributed by atoms with E-state index in [2.05, 4.69) is 5.10 Å². The number of nitrogens with zero attached hydrogens (tertiary/aromatic N) is 2. The Morgan fingerprint density at radius 3 is 2.38 bits per heavy atom. The van der Waals surface area contributed by atoms with Crippen LogP contribution in [0.3, 0.4) is 0 Å². The molecule has 3 aromatic carbocycles. The predicted octanol–water partition coefficient (Wildman–Crippen LogP) is 3.10. The Balaban J connectivity index is 2.11. The molecule has 2 N–H and O–H groups in total. The molecule has 0 aromatic heterocycles. The average Bonchev–Trinajstić information content (AvgIpc) is 2.73. The second kappa shape index (κ2) is 8.88. The van der Waals surface area contributed by atoms with Gasteiger partial charge in [0.2, 0.25) is 5.91 Å². The number of rotatable bonds is 7. The topological polar surface area (TPSA) is 94.2 Å². The molecule has 0 saturated carbocycles. The lowest BCUT2D eigenvalue weighted by molar-refractivity contribution is -0.126. The molecule has 148 valence electrons. The zero-order chi connectivity index (χ0) is 20.8. The number of hydrogen-bond donors (Lipinski definition) is 1. The zero-order valence-corrected chi connectivity index (χ0v) is 16.2. The predicted molar refractivity (Wildman–Crippen MR) is 112 cm³/mol. The third-order valence-electron chi connectivity index (χ3n) is 4.33. The molecule has 0 aliphatic heterocycles. The van der Waals surface area contributed by atoms with E-state index in [-0.39, 0.29) is 0 Å². The fraction of sp³-hybridized carbons (Fsp3) is 0.136. The average molecular weight is 391 g/mol. The highest BCUT2D eigenvalue weighted by Crippen LogP contribution is 2.30. The van der Waals surface area contributed by atoms with Gasteiger partial charge in [0.1, 0.15) is 23.6 Å². The molecule has 0 spiro atoms. The van der Waals surface area contributed by atoms with E-state index in [1.165, 1.54) is 13.3 Å². The Hall–Kier alpha value is -3.87. The summed E-state index contributed by atoms with van der Waals surface area (Å²) >= 11 is 0. The summed E-state index contributed by atoms with van der Waals surface area (Å²) in [4.78, 5) is 24.0. The third-order valence-corrected chi connectivity index (χ3v) is 4.33. The van der Waals surface area contributed by atoms with Crippen LogP contribution in [0.2, 0.25) is 0 Å². The van der Waals surface area contributed by atoms with Gasteiger partial charge in [0, 0.05) is 5.56 Å². The first kappa shape index (κ1) is 19.9. The van der Waals surface area contributed by atoms with Gasteiger partial charge >= 0.3 is 0 Å². The van der Waals surface area contributed by atoms with Gasteiger partial charge in [-0.3, -0.25) is 9.59 Å². The van der Waals surface area contributed by atoms with Crippen molar-refractivity contribution in [1.82, 2.24) is 0 Å². The van der Waals surface area contributed by atoms with Crippen LogP contribution in [0.25, 0.3) is 10.8 Å². The number of benzene rings is 3. The first-order valence-corrected chi connectivity index (χ1v) is 8.89. The van der Waals surface area contributed by atoms with E-state index in [1.54, 1.807) is 31.4 Å². The van der Waals surface area contributed by atoms with Crippen LogP contribution < -0.4 is 20.2 Å². The van der Waals surface area contributed by atoms with Crippen molar-refractivity contribution in [3.05, 3.63) is 66.2 Å². The molecule has 0 aliphatic rings. The molecule has 0 radical (unpaired) electrons. The highest BCUT2D eigenvalue weighted by molar-refractivity contribution is 6.07. The van der Waals surface area contributed by atoms with E-state index in [1.807, 2.05) is 36.4 Å². The van der Waals surface area contributed by atoms with E-state index in [9.17, 15) is 9.59 Å². The molecule has 0 aliphatic carbocycles. The molecule has 7 heteroatoms. The number of ether oxygens (including phenoxy) is 2. The molecule has 0 saturated heterocycles. The quantitative estimate of drug-likeness (QED) is 0.380. The van der Waals surface area contributed by atoms with Gasteiger partial charge in [-0.15, -0.1) is 0 Å². The van der Waals surface area contributed by atoms with Gasteiger partial charge in [0.05, 0.1) is 20.4 Å². The molecule has 3 rings (SSSR count). The standard InChI is InChI=1S/C22H21N3O4/c1-28-19-12-11-15-7-3-4-8-16(15)17(19)14-24-25(22(27)13-21(23)26)18-9-5-6-10-20(18)29-2/h3-12,14H,13H2,1-2H3,(H2,23,26)/b24-14+. The van der Waals surface area contributed by atoms with Gasteiger partial charge in [-0.05, 0) is 29.0 Å². The maximum absolute atomic E-state index is 12.7. The van der Waals surface area contributed by atoms with Crippen molar-refractivity contribution in [3.63, 3.8) is 0 Å². The summed E-state index contributed by atoms with van der Waals surface area (Å²) < 4.78 is 10.8. The smallest absolute Gasteiger partial charge is 0.256 e. The van der Waals surface area contributed by atoms with Crippen LogP contribution in [-0.4, -0.2) is 32.2 Å². The summed E-state index contributed by atoms with van der Waals surface area (Å²) in [7, 11) is 3.06. The van der Waals surface area contributed by atoms with Gasteiger partial charge in [-0.25, -0.2) is 0 Å². The SMILES string of the molecule is COc1ccccc1N(/N=C/c1c(OC)ccc2ccccc12)C(=O)CC(N)=O. The minimum absolute atomic E-state index is 0.400. The van der Waals surface area contributed by atoms with Gasteiger partial charge in [-0.2, -0.15) is 10.1 Å². The molecule has 0 fully saturated rings. The fourth-order valence-electron chi connectivity index (χ4n) is 2.99. The Morgan fingerprint density at radius 2 is 1.66 bits per heavy atom. The first-order valence-electron chi connectivity index (χ1n) is 8.89. The summed E-state index contributed by atoms with van der Waals surface area (Å²) in [6.07, 6.45) is 1.05. The summed E-state index contributed by atoms with van der Waals surface area (Å²) in [5, 5.41) is 7.41. The Bertz CT molecular complexity index is 1080. The number of carbonyl (C=O) groups excluding carboxylic acids is 2. The second-order valence-corrected chi connectivity index (χ2v) is 6.17. The van der Waals surface area contributed by atoms with Gasteiger partial charge in [-0.1, -0.05) is 42.5 Å². The summed E-state index contributed by atoms with van der Waals surface area (Å²) in [6, 6.07) is 18.4. The van der Waals surface area contributed by atoms with Crippen molar-refractivity contribution in [1.29, 1.82) is 0 Å². The number of primary amides is 1. The maximum atomic E-state index is 12.7. The van der Waals surface area contributed by atoms with Crippen LogP contribution in [0.15, 0.2) is 65.8 Å². The lowest BCUT2D eigenvalue weighted by Gasteiger charge is -2.19. The molecule has 0 atom stereocenters. The first-order chi connectivity index (χ1) is 14.0. The lowest BCUT2D eigenvalue weighted by atomic mass is 10.0. The Morgan fingerprint density at radius 1 is 0.966 bits per heavy atom. The number of anilines is 1. The van der Waals surface area contributed by atoms with Gasteiger partial charge < -0.3 is 15.2 Å². The number of nitrogens with two attached hydrogens (primary N) is 1. The molecular weight excluding hydrogens is 370 g/mol. The van der Waals surface area contributed by atoms with Crippen molar-refractivity contribution < 1.29 is 19.1 Å². The van der Waals surface area contributed by atoms with Crippen molar-refractivity contribution in [3.8, 4) is 11.5 Å². The molecule has 29 heavy (non-hydrogen) atoms. The van der Waals surface area contributed by atoms with E-state index < -0.39 is 18.2 Å². The monoisotopic (exact) mass is 391 g/mol. The minimum Gasteiger partial charge on any atom is -0.496 e. The van der Waals surface area contributed by atoms with Crippen LogP contribution in [0.5, 0.6) is 11.5 Å². The van der Waals surface area contributed by atoms with Crippen molar-refractivity contribution in [2.45, 2.75) is 6.42 Å². The van der Waals surface area contributed by atoms with Crippen LogP contribution in [-0.2, 0) is 9.59 Å². The third kappa shape index (κ3) is 4.35. The summed E-state index contributed by atoms with van der Waals surface area (Å²) in [5.74, 6) is -0.271. The van der Waals surface area contributed by atoms with Crippen molar-refractivity contribution >= 4 is 34.5 Å². The lowest BCUT2D eigenvalue weighted by Crippen LogP contribution is -2.30. The second-order valence-electron chi connectivity index (χ2n) is 6.17. The normalized spacial score (nSPS) is 10.8. The maximum Gasteiger partial charge on any atom is 0.256 e. The van der Waals surface area contributed by atoms with E-state index in [0.717, 1.165) is 15.8 Å². The largest absolute Gasteiger partial charge is 0.496 e. The van der Waals surface area contributed by atoms with Crippen LogP contribution >= 0.6 is 0 Å². The number of methoxy groups -OCH3 is 2. The minimum atomic E-state index is -0.743. The van der Waals surface area contributed by atoms with Crippen LogP contribution in [0.4, 0.5) is 5.69 Å². The Labute approximate surface area is 168 Å². The van der Waals surface area contributed by atoms with Crippen molar-refractivity contribution in [2.75, 3.05) is 19.2 Å². The molecular formula is C22H21N3O4.